The second-order valence-corrected chi connectivity index (χ2v) is 4.21. The summed E-state index contributed by atoms with van der Waals surface area (Å²) in [5, 5.41) is 0. The normalized spacial score (nSPS) is 16.3. The second-order valence-electron chi connectivity index (χ2n) is 4.21. The Balaban J connectivity index is 3.43. The highest BCUT2D eigenvalue weighted by molar-refractivity contribution is 4.85. The molecule has 0 unspecified atom stereocenters. The van der Waals surface area contributed by atoms with Gasteiger partial charge in [0.25, 0.3) is 0 Å². The monoisotopic (exact) mass is 182 g/mol. The number of allylic oxidation sites excluding steroid dienone is 2. The van der Waals surface area contributed by atoms with Crippen LogP contribution in [-0.2, 0) is 0 Å². The van der Waals surface area contributed by atoms with Gasteiger partial charge in [-0.15, -0.1) is 0 Å². The van der Waals surface area contributed by atoms with Crippen LogP contribution in [0, 0.1) is 11.8 Å². The van der Waals surface area contributed by atoms with Gasteiger partial charge in [0.05, 0.1) is 0 Å². The lowest BCUT2D eigenvalue weighted by Crippen LogP contribution is -2.04. The van der Waals surface area contributed by atoms with E-state index >= 15 is 0 Å². The minimum atomic E-state index is 0.756. The summed E-state index contributed by atoms with van der Waals surface area (Å²) in [6.07, 6.45) is 11.5. The van der Waals surface area contributed by atoms with Crippen LogP contribution in [0.4, 0.5) is 0 Å². The molecule has 0 amide bonds. The van der Waals surface area contributed by atoms with Crippen LogP contribution < -0.4 is 0 Å². The van der Waals surface area contributed by atoms with Gasteiger partial charge in [0, 0.05) is 0 Å². The van der Waals surface area contributed by atoms with E-state index < -0.39 is 0 Å². The molecule has 0 saturated carbocycles. The van der Waals surface area contributed by atoms with Crippen LogP contribution in [0.3, 0.4) is 0 Å². The predicted molar refractivity (Wildman–Crippen MR) is 61.9 cm³/mol. The molecule has 0 aliphatic rings. The van der Waals surface area contributed by atoms with Crippen molar-refractivity contribution in [3.8, 4) is 0 Å². The van der Waals surface area contributed by atoms with E-state index in [4.69, 9.17) is 0 Å². The first-order chi connectivity index (χ1) is 6.22. The Labute approximate surface area is 84.4 Å². The molecule has 0 aromatic rings. The molecular weight excluding hydrogens is 156 g/mol. The number of rotatable bonds is 7. The molecule has 0 rings (SSSR count). The Hall–Kier alpha value is -0.260. The van der Waals surface area contributed by atoms with Crippen molar-refractivity contribution in [3.05, 3.63) is 12.2 Å². The van der Waals surface area contributed by atoms with Crippen LogP contribution in [0.2, 0.25) is 0 Å². The van der Waals surface area contributed by atoms with Gasteiger partial charge in [-0.1, -0.05) is 65.0 Å². The second kappa shape index (κ2) is 8.34. The van der Waals surface area contributed by atoms with Crippen LogP contribution in [0.5, 0.6) is 0 Å². The van der Waals surface area contributed by atoms with E-state index in [0.717, 1.165) is 11.8 Å². The third-order valence-corrected chi connectivity index (χ3v) is 2.91. The van der Waals surface area contributed by atoms with Crippen molar-refractivity contribution in [1.29, 1.82) is 0 Å². The van der Waals surface area contributed by atoms with Crippen LogP contribution in [-0.4, -0.2) is 0 Å². The SMILES string of the molecule is C/C=C/[C@H](C)[C@H](C)CCCCCC. The van der Waals surface area contributed by atoms with Crippen molar-refractivity contribution >= 4 is 0 Å². The Bertz CT molecular complexity index is 124. The van der Waals surface area contributed by atoms with Crippen molar-refractivity contribution in [2.75, 3.05) is 0 Å². The molecule has 0 aromatic carbocycles. The fourth-order valence-corrected chi connectivity index (χ4v) is 1.65. The molecular formula is C13H26. The van der Waals surface area contributed by atoms with E-state index in [0.29, 0.717) is 0 Å². The molecule has 78 valence electrons. The quantitative estimate of drug-likeness (QED) is 0.392. The molecule has 0 heterocycles. The maximum atomic E-state index is 2.37. The topological polar surface area (TPSA) is 0 Å². The number of hydrogen-bond acceptors (Lipinski definition) is 0. The summed E-state index contributed by atoms with van der Waals surface area (Å²) in [5.74, 6) is 1.61. The van der Waals surface area contributed by atoms with Crippen molar-refractivity contribution in [3.63, 3.8) is 0 Å². The Morgan fingerprint density at radius 2 is 1.77 bits per heavy atom. The molecule has 0 nitrogen and oxygen atoms in total. The number of hydrogen-bond donors (Lipinski definition) is 0. The summed E-state index contributed by atoms with van der Waals surface area (Å²) in [5.41, 5.74) is 0. The summed E-state index contributed by atoms with van der Waals surface area (Å²) in [4.78, 5) is 0. The molecule has 0 aromatic heterocycles. The molecule has 0 aliphatic carbocycles. The summed E-state index contributed by atoms with van der Waals surface area (Å²) in [7, 11) is 0. The van der Waals surface area contributed by atoms with Gasteiger partial charge in [-0.05, 0) is 18.8 Å². The first-order valence-corrected chi connectivity index (χ1v) is 5.85. The van der Waals surface area contributed by atoms with Gasteiger partial charge in [-0.25, -0.2) is 0 Å². The first kappa shape index (κ1) is 12.7. The van der Waals surface area contributed by atoms with Crippen LogP contribution in [0.25, 0.3) is 0 Å². The van der Waals surface area contributed by atoms with E-state index in [-0.39, 0.29) is 0 Å². The largest absolute Gasteiger partial charge is 0.0914 e. The predicted octanol–water partition coefficient (Wildman–Crippen LogP) is 4.81. The molecule has 2 atom stereocenters. The highest BCUT2D eigenvalue weighted by Crippen LogP contribution is 2.19. The summed E-state index contributed by atoms with van der Waals surface area (Å²) >= 11 is 0. The van der Waals surface area contributed by atoms with Gasteiger partial charge in [0.2, 0.25) is 0 Å². The maximum absolute atomic E-state index is 2.37. The van der Waals surface area contributed by atoms with Gasteiger partial charge in [-0.2, -0.15) is 0 Å². The van der Waals surface area contributed by atoms with Gasteiger partial charge in [0.1, 0.15) is 0 Å². The van der Waals surface area contributed by atoms with E-state index in [9.17, 15) is 0 Å². The van der Waals surface area contributed by atoms with Gasteiger partial charge in [-0.3, -0.25) is 0 Å². The fourth-order valence-electron chi connectivity index (χ4n) is 1.65. The van der Waals surface area contributed by atoms with Gasteiger partial charge in [0.15, 0.2) is 0 Å². The van der Waals surface area contributed by atoms with Crippen molar-refractivity contribution < 1.29 is 0 Å². The van der Waals surface area contributed by atoms with Crippen LogP contribution in [0.1, 0.15) is 59.8 Å². The summed E-state index contributed by atoms with van der Waals surface area (Å²) in [6.45, 7) is 9.08. The zero-order chi connectivity index (χ0) is 10.1. The molecule has 0 saturated heterocycles. The van der Waals surface area contributed by atoms with Gasteiger partial charge < -0.3 is 0 Å². The Morgan fingerprint density at radius 1 is 1.08 bits per heavy atom. The number of unbranched alkanes of at least 4 members (excludes halogenated alkanes) is 3. The van der Waals surface area contributed by atoms with E-state index in [1.807, 2.05) is 0 Å². The first-order valence-electron chi connectivity index (χ1n) is 5.85. The maximum Gasteiger partial charge on any atom is -0.0236 e. The van der Waals surface area contributed by atoms with Crippen molar-refractivity contribution in [2.24, 2.45) is 11.8 Å². The van der Waals surface area contributed by atoms with Gasteiger partial charge >= 0.3 is 0 Å². The van der Waals surface area contributed by atoms with Crippen molar-refractivity contribution in [1.82, 2.24) is 0 Å². The molecule has 0 heteroatoms. The minimum absolute atomic E-state index is 0.756. The zero-order valence-electron chi connectivity index (χ0n) is 9.84. The van der Waals surface area contributed by atoms with E-state index in [1.165, 1.54) is 32.1 Å². The fraction of sp³-hybridized carbons (Fsp3) is 0.846. The molecule has 0 N–H and O–H groups in total. The van der Waals surface area contributed by atoms with Crippen LogP contribution >= 0.6 is 0 Å². The zero-order valence-corrected chi connectivity index (χ0v) is 9.84. The lowest BCUT2D eigenvalue weighted by molar-refractivity contribution is 0.406. The standard InChI is InChI=1S/C13H26/c1-5-7-8-9-11-13(4)12(3)10-6-2/h6,10,12-13H,5,7-9,11H2,1-4H3/b10-6+/t12-,13+/m0/s1. The van der Waals surface area contributed by atoms with E-state index in [1.54, 1.807) is 0 Å². The Kier molecular flexibility index (Phi) is 8.18. The third-order valence-electron chi connectivity index (χ3n) is 2.91. The summed E-state index contributed by atoms with van der Waals surface area (Å²) in [6, 6.07) is 0. The lowest BCUT2D eigenvalue weighted by Gasteiger charge is -2.15. The molecule has 0 aliphatic heterocycles. The lowest BCUT2D eigenvalue weighted by atomic mass is 9.90. The van der Waals surface area contributed by atoms with Crippen molar-refractivity contribution in [2.45, 2.75) is 59.8 Å². The highest BCUT2D eigenvalue weighted by Gasteiger charge is 2.07. The molecule has 13 heavy (non-hydrogen) atoms. The third kappa shape index (κ3) is 6.86. The smallest absolute Gasteiger partial charge is 0.0236 e. The van der Waals surface area contributed by atoms with E-state index in [2.05, 4.69) is 39.8 Å². The Morgan fingerprint density at radius 3 is 2.31 bits per heavy atom. The minimum Gasteiger partial charge on any atom is -0.0914 e. The molecule has 0 fully saturated rings. The molecule has 0 spiro atoms. The molecule has 0 bridgehead atoms. The molecule has 0 radical (unpaired) electrons. The van der Waals surface area contributed by atoms with Crippen LogP contribution in [0.15, 0.2) is 12.2 Å². The average Bonchev–Trinajstić information content (AvgIpc) is 2.12. The summed E-state index contributed by atoms with van der Waals surface area (Å²) < 4.78 is 0. The highest BCUT2D eigenvalue weighted by atomic mass is 14.1. The average molecular weight is 182 g/mol.